The quantitative estimate of drug-likeness (QED) is 0.622. The first-order valence-corrected chi connectivity index (χ1v) is 5.70. The Morgan fingerprint density at radius 1 is 1.32 bits per heavy atom. The number of anilines is 1. The summed E-state index contributed by atoms with van der Waals surface area (Å²) in [4.78, 5) is 21.9. The topological polar surface area (TPSA) is 98.7 Å². The van der Waals surface area contributed by atoms with E-state index in [0.29, 0.717) is 6.07 Å². The third-order valence-corrected chi connectivity index (χ3v) is 2.65. The predicted octanol–water partition coefficient (Wildman–Crippen LogP) is 1.29. The van der Waals surface area contributed by atoms with Crippen LogP contribution in [0, 0.1) is 11.6 Å². The number of aliphatic carboxylic acids is 1. The summed E-state index contributed by atoms with van der Waals surface area (Å²) in [6.45, 7) is -0.821. The average Bonchev–Trinajstić information content (AvgIpc) is 2.32. The summed E-state index contributed by atoms with van der Waals surface area (Å²) >= 11 is 2.81. The normalized spacial score (nSPS) is 11.8. The zero-order valence-electron chi connectivity index (χ0n) is 9.28. The monoisotopic (exact) mass is 338 g/mol. The zero-order valence-corrected chi connectivity index (χ0v) is 10.9. The minimum atomic E-state index is -1.52. The van der Waals surface area contributed by atoms with Gasteiger partial charge in [0.1, 0.15) is 11.6 Å². The first-order chi connectivity index (χ1) is 8.85. The molecule has 0 aliphatic rings. The Kier molecular flexibility index (Phi) is 5.19. The summed E-state index contributed by atoms with van der Waals surface area (Å²) in [5.41, 5.74) is -0.340. The van der Waals surface area contributed by atoms with E-state index in [4.69, 9.17) is 10.2 Å². The summed E-state index contributed by atoms with van der Waals surface area (Å²) in [7, 11) is 0. The second-order valence-corrected chi connectivity index (χ2v) is 4.27. The summed E-state index contributed by atoms with van der Waals surface area (Å²) < 4.78 is 26.2. The molecular formula is C10H9BrF2N2O4. The van der Waals surface area contributed by atoms with E-state index in [1.54, 1.807) is 0 Å². The van der Waals surface area contributed by atoms with Gasteiger partial charge in [-0.2, -0.15) is 0 Å². The largest absolute Gasteiger partial charge is 0.480 e. The van der Waals surface area contributed by atoms with Crippen LogP contribution in [0.5, 0.6) is 0 Å². The van der Waals surface area contributed by atoms with Crippen molar-refractivity contribution < 1.29 is 28.6 Å². The molecule has 1 aromatic rings. The van der Waals surface area contributed by atoms with Gasteiger partial charge in [-0.25, -0.2) is 18.4 Å². The number of carboxylic acid groups (broad SMARTS) is 1. The summed E-state index contributed by atoms with van der Waals surface area (Å²) in [6, 6.07) is -1.02. The van der Waals surface area contributed by atoms with E-state index in [-0.39, 0.29) is 10.2 Å². The first kappa shape index (κ1) is 15.3. The van der Waals surface area contributed by atoms with Crippen LogP contribution in [-0.2, 0) is 4.79 Å². The molecule has 0 heterocycles. The van der Waals surface area contributed by atoms with E-state index in [0.717, 1.165) is 6.07 Å². The average molecular weight is 339 g/mol. The molecule has 1 atom stereocenters. The maximum atomic E-state index is 13.3. The third kappa shape index (κ3) is 4.14. The minimum absolute atomic E-state index is 0.0684. The van der Waals surface area contributed by atoms with Crippen LogP contribution < -0.4 is 10.6 Å². The Hall–Kier alpha value is -1.74. The highest BCUT2D eigenvalue weighted by atomic mass is 79.9. The van der Waals surface area contributed by atoms with Gasteiger partial charge in [-0.1, -0.05) is 0 Å². The van der Waals surface area contributed by atoms with Crippen molar-refractivity contribution in [3.05, 3.63) is 28.2 Å². The number of amides is 2. The molecule has 0 aromatic heterocycles. The van der Waals surface area contributed by atoms with Crippen LogP contribution in [-0.4, -0.2) is 34.9 Å². The fourth-order valence-corrected chi connectivity index (χ4v) is 1.46. The molecule has 0 aliphatic carbocycles. The van der Waals surface area contributed by atoms with Gasteiger partial charge in [0.25, 0.3) is 0 Å². The van der Waals surface area contributed by atoms with Crippen molar-refractivity contribution in [2.45, 2.75) is 6.04 Å². The molecule has 1 rings (SSSR count). The number of carbonyl (C=O) groups is 2. The SMILES string of the molecule is O=C(Nc1cc(Br)c(F)cc1F)N[C@H](CO)C(=O)O. The van der Waals surface area contributed by atoms with Gasteiger partial charge in [-0.3, -0.25) is 0 Å². The summed E-state index contributed by atoms with van der Waals surface area (Å²) in [5, 5.41) is 21.2. The molecule has 19 heavy (non-hydrogen) atoms. The van der Waals surface area contributed by atoms with Crippen LogP contribution in [0.4, 0.5) is 19.3 Å². The van der Waals surface area contributed by atoms with E-state index in [9.17, 15) is 18.4 Å². The van der Waals surface area contributed by atoms with Crippen LogP contribution in [0.1, 0.15) is 0 Å². The number of rotatable bonds is 4. The number of carbonyl (C=O) groups excluding carboxylic acids is 1. The predicted molar refractivity (Wildman–Crippen MR) is 64.7 cm³/mol. The Morgan fingerprint density at radius 3 is 2.47 bits per heavy atom. The fraction of sp³-hybridized carbons (Fsp3) is 0.200. The van der Waals surface area contributed by atoms with Crippen LogP contribution in [0.25, 0.3) is 0 Å². The first-order valence-electron chi connectivity index (χ1n) is 4.91. The van der Waals surface area contributed by atoms with E-state index < -0.39 is 36.3 Å². The Bertz CT molecular complexity index is 513. The number of benzene rings is 1. The zero-order chi connectivity index (χ0) is 14.6. The highest BCUT2D eigenvalue weighted by molar-refractivity contribution is 9.10. The Labute approximate surface area is 114 Å². The van der Waals surface area contributed by atoms with Crippen molar-refractivity contribution in [3.8, 4) is 0 Å². The van der Waals surface area contributed by atoms with Gasteiger partial charge in [-0.15, -0.1) is 0 Å². The molecular weight excluding hydrogens is 330 g/mol. The van der Waals surface area contributed by atoms with Crippen molar-refractivity contribution in [2.75, 3.05) is 11.9 Å². The molecule has 1 aromatic carbocycles. The highest BCUT2D eigenvalue weighted by Crippen LogP contribution is 2.23. The molecule has 4 N–H and O–H groups in total. The Morgan fingerprint density at radius 2 is 1.95 bits per heavy atom. The molecule has 2 amide bonds. The van der Waals surface area contributed by atoms with Gasteiger partial charge < -0.3 is 20.8 Å². The molecule has 0 fully saturated rings. The number of urea groups is 1. The molecule has 0 radical (unpaired) electrons. The van der Waals surface area contributed by atoms with Gasteiger partial charge in [0, 0.05) is 6.07 Å². The molecule has 0 unspecified atom stereocenters. The second kappa shape index (κ2) is 6.43. The standard InChI is InChI=1S/C10H9BrF2N2O4/c11-4-1-7(6(13)2-5(4)12)14-10(19)15-8(3-16)9(17)18/h1-2,8,16H,3H2,(H,17,18)(H2,14,15,19)/t8-/m1/s1. The smallest absolute Gasteiger partial charge is 0.328 e. The number of hydrogen-bond donors (Lipinski definition) is 4. The van der Waals surface area contributed by atoms with Gasteiger partial charge in [0.15, 0.2) is 6.04 Å². The van der Waals surface area contributed by atoms with Crippen molar-refractivity contribution >= 4 is 33.6 Å². The van der Waals surface area contributed by atoms with Gasteiger partial charge >= 0.3 is 12.0 Å². The van der Waals surface area contributed by atoms with E-state index in [2.05, 4.69) is 15.9 Å². The third-order valence-electron chi connectivity index (χ3n) is 2.04. The van der Waals surface area contributed by atoms with Crippen LogP contribution >= 0.6 is 15.9 Å². The molecule has 0 aliphatic heterocycles. The van der Waals surface area contributed by atoms with Crippen molar-refractivity contribution in [1.82, 2.24) is 5.32 Å². The van der Waals surface area contributed by atoms with Crippen molar-refractivity contribution in [2.24, 2.45) is 0 Å². The summed E-state index contributed by atoms with van der Waals surface area (Å²) in [5.74, 6) is -3.31. The Balaban J connectivity index is 2.77. The molecule has 104 valence electrons. The lowest BCUT2D eigenvalue weighted by molar-refractivity contribution is -0.140. The second-order valence-electron chi connectivity index (χ2n) is 3.42. The molecule has 0 saturated carbocycles. The van der Waals surface area contributed by atoms with Crippen LogP contribution in [0.2, 0.25) is 0 Å². The molecule has 0 spiro atoms. The van der Waals surface area contributed by atoms with Crippen LogP contribution in [0.15, 0.2) is 16.6 Å². The maximum absolute atomic E-state index is 13.3. The number of aliphatic hydroxyl groups excluding tert-OH is 1. The number of nitrogens with one attached hydrogen (secondary N) is 2. The molecule has 6 nitrogen and oxygen atoms in total. The van der Waals surface area contributed by atoms with Gasteiger partial charge in [-0.05, 0) is 22.0 Å². The van der Waals surface area contributed by atoms with Crippen molar-refractivity contribution in [1.29, 1.82) is 0 Å². The molecule has 9 heteroatoms. The number of carboxylic acids is 1. The van der Waals surface area contributed by atoms with E-state index in [1.807, 2.05) is 10.6 Å². The van der Waals surface area contributed by atoms with Gasteiger partial charge in [0.05, 0.1) is 16.8 Å². The summed E-state index contributed by atoms with van der Waals surface area (Å²) in [6.07, 6.45) is 0. The number of hydrogen-bond acceptors (Lipinski definition) is 3. The lowest BCUT2D eigenvalue weighted by Gasteiger charge is -2.13. The van der Waals surface area contributed by atoms with Gasteiger partial charge in [0.2, 0.25) is 0 Å². The number of aliphatic hydroxyl groups is 1. The van der Waals surface area contributed by atoms with E-state index >= 15 is 0 Å². The molecule has 0 saturated heterocycles. The maximum Gasteiger partial charge on any atom is 0.328 e. The van der Waals surface area contributed by atoms with E-state index in [1.165, 1.54) is 0 Å². The minimum Gasteiger partial charge on any atom is -0.480 e. The lowest BCUT2D eigenvalue weighted by Crippen LogP contribution is -2.45. The van der Waals surface area contributed by atoms with Crippen molar-refractivity contribution in [3.63, 3.8) is 0 Å². The van der Waals surface area contributed by atoms with Crippen LogP contribution in [0.3, 0.4) is 0 Å². The highest BCUT2D eigenvalue weighted by Gasteiger charge is 2.19. The fourth-order valence-electron chi connectivity index (χ4n) is 1.12. The lowest BCUT2D eigenvalue weighted by atomic mass is 10.3. The molecule has 0 bridgehead atoms. The number of halogens is 3.